The van der Waals surface area contributed by atoms with E-state index in [0.717, 1.165) is 11.3 Å². The second kappa shape index (κ2) is 6.37. The fourth-order valence-corrected chi connectivity index (χ4v) is 6.05. The number of fused-ring (bicyclic) bond motifs is 3. The van der Waals surface area contributed by atoms with E-state index in [0.29, 0.717) is 12.2 Å². The predicted octanol–water partition coefficient (Wildman–Crippen LogP) is 6.72. The van der Waals surface area contributed by atoms with Crippen LogP contribution in [0.1, 0.15) is 55.1 Å². The molecule has 3 aromatic heterocycles. The molecule has 4 heteroatoms. The number of hydrogen-bond donors (Lipinski definition) is 0. The van der Waals surface area contributed by atoms with E-state index in [-0.39, 0.29) is 0 Å². The van der Waals surface area contributed by atoms with Crippen LogP contribution in [0.2, 0.25) is 0 Å². The van der Waals surface area contributed by atoms with Crippen LogP contribution in [0.4, 0.5) is 0 Å². The van der Waals surface area contributed by atoms with Crippen molar-refractivity contribution in [3.63, 3.8) is 0 Å². The van der Waals surface area contributed by atoms with Gasteiger partial charge in [0.1, 0.15) is 0 Å². The Hall–Kier alpha value is -0.710. The van der Waals surface area contributed by atoms with Crippen LogP contribution in [0, 0.1) is 0 Å². The van der Waals surface area contributed by atoms with Crippen molar-refractivity contribution in [2.45, 2.75) is 45.4 Å². The van der Waals surface area contributed by atoms with Gasteiger partial charge in [0.25, 0.3) is 0 Å². The highest BCUT2D eigenvalue weighted by Crippen LogP contribution is 2.42. The summed E-state index contributed by atoms with van der Waals surface area (Å²) in [4.78, 5) is 13.2. The molecule has 3 aromatic rings. The van der Waals surface area contributed by atoms with Crippen molar-refractivity contribution >= 4 is 58.6 Å². The molecule has 0 unspecified atom stereocenters. The lowest BCUT2D eigenvalue weighted by atomic mass is 10.1. The van der Waals surface area contributed by atoms with E-state index in [1.54, 1.807) is 22.7 Å². The standard InChI is InChI=1S/C16H18OS3/c1-2-3-4-5-6-7-12(17)13-10-14-15(19-13)11-8-9-18-16(11)20-14/h8-10H,2-7H2,1H3. The highest BCUT2D eigenvalue weighted by Gasteiger charge is 2.14. The topological polar surface area (TPSA) is 17.1 Å². The molecule has 0 saturated heterocycles. The molecule has 0 atom stereocenters. The first kappa shape index (κ1) is 14.2. The van der Waals surface area contributed by atoms with Crippen molar-refractivity contribution < 1.29 is 4.79 Å². The molecule has 3 rings (SSSR count). The quantitative estimate of drug-likeness (QED) is 0.348. The van der Waals surface area contributed by atoms with Crippen LogP contribution in [0.15, 0.2) is 17.5 Å². The summed E-state index contributed by atoms with van der Waals surface area (Å²) < 4.78 is 3.97. The summed E-state index contributed by atoms with van der Waals surface area (Å²) in [5.74, 6) is 0.332. The van der Waals surface area contributed by atoms with Gasteiger partial charge in [0.2, 0.25) is 0 Å². The maximum Gasteiger partial charge on any atom is 0.172 e. The third-order valence-electron chi connectivity index (χ3n) is 3.56. The average Bonchev–Trinajstić information content (AvgIpc) is 3.09. The Morgan fingerprint density at radius 1 is 1.15 bits per heavy atom. The molecule has 3 heterocycles. The first-order valence-corrected chi connectivity index (χ1v) is 9.73. The Kier molecular flexibility index (Phi) is 4.54. The van der Waals surface area contributed by atoms with Crippen LogP contribution in [-0.4, -0.2) is 5.78 Å². The van der Waals surface area contributed by atoms with Gasteiger partial charge in [-0.3, -0.25) is 4.79 Å². The average molecular weight is 323 g/mol. The number of Topliss-reactive ketones (excluding diaryl/α,β-unsaturated/α-hetero) is 1. The monoisotopic (exact) mass is 322 g/mol. The van der Waals surface area contributed by atoms with Gasteiger partial charge in [-0.05, 0) is 23.9 Å². The molecule has 0 saturated carbocycles. The van der Waals surface area contributed by atoms with Gasteiger partial charge in [-0.25, -0.2) is 0 Å². The van der Waals surface area contributed by atoms with Crippen molar-refractivity contribution in [3.8, 4) is 0 Å². The van der Waals surface area contributed by atoms with Gasteiger partial charge in [0.05, 0.1) is 13.6 Å². The summed E-state index contributed by atoms with van der Waals surface area (Å²) in [5, 5.41) is 3.47. The lowest BCUT2D eigenvalue weighted by Crippen LogP contribution is -1.95. The number of rotatable bonds is 7. The second-order valence-corrected chi connectivity index (χ2v) is 8.39. The third-order valence-corrected chi connectivity index (χ3v) is 7.09. The minimum absolute atomic E-state index is 0.332. The lowest BCUT2D eigenvalue weighted by molar-refractivity contribution is 0.0983. The van der Waals surface area contributed by atoms with E-state index >= 15 is 0 Å². The molecule has 0 aliphatic heterocycles. The summed E-state index contributed by atoms with van der Waals surface area (Å²) in [7, 11) is 0. The SMILES string of the molecule is CCCCCCCC(=O)c1cc2sc3sccc3c2s1. The normalized spacial score (nSPS) is 11.7. The molecule has 0 aliphatic carbocycles. The predicted molar refractivity (Wildman–Crippen MR) is 92.8 cm³/mol. The first-order chi connectivity index (χ1) is 9.79. The fraction of sp³-hybridized carbons (Fsp3) is 0.438. The van der Waals surface area contributed by atoms with Crippen LogP contribution >= 0.6 is 34.0 Å². The summed E-state index contributed by atoms with van der Waals surface area (Å²) in [6, 6.07) is 4.28. The number of thiophene rings is 3. The maximum atomic E-state index is 12.2. The maximum absolute atomic E-state index is 12.2. The van der Waals surface area contributed by atoms with E-state index in [1.165, 1.54) is 44.5 Å². The van der Waals surface area contributed by atoms with E-state index in [4.69, 9.17) is 0 Å². The van der Waals surface area contributed by atoms with E-state index in [9.17, 15) is 4.79 Å². The highest BCUT2D eigenvalue weighted by atomic mass is 32.2. The smallest absolute Gasteiger partial charge is 0.172 e. The van der Waals surface area contributed by atoms with Gasteiger partial charge in [-0.1, -0.05) is 32.6 Å². The van der Waals surface area contributed by atoms with Crippen molar-refractivity contribution in [1.29, 1.82) is 0 Å². The van der Waals surface area contributed by atoms with Crippen molar-refractivity contribution in [2.24, 2.45) is 0 Å². The molecule has 0 radical (unpaired) electrons. The molecule has 0 fully saturated rings. The van der Waals surface area contributed by atoms with E-state index in [1.807, 2.05) is 11.3 Å². The van der Waals surface area contributed by atoms with Crippen molar-refractivity contribution in [3.05, 3.63) is 22.4 Å². The zero-order valence-corrected chi connectivity index (χ0v) is 14.1. The molecular formula is C16H18OS3. The van der Waals surface area contributed by atoms with Gasteiger partial charge in [0.15, 0.2) is 5.78 Å². The Morgan fingerprint density at radius 2 is 2.00 bits per heavy atom. The molecule has 1 nitrogen and oxygen atoms in total. The van der Waals surface area contributed by atoms with E-state index < -0.39 is 0 Å². The Labute approximate surface area is 131 Å². The first-order valence-electron chi connectivity index (χ1n) is 7.22. The Bertz CT molecular complexity index is 716. The molecule has 0 bridgehead atoms. The number of carbonyl (C=O) groups excluding carboxylic acids is 1. The minimum atomic E-state index is 0.332. The number of ketones is 1. The molecule has 0 spiro atoms. The second-order valence-electron chi connectivity index (χ2n) is 5.12. The van der Waals surface area contributed by atoms with Crippen molar-refractivity contribution in [2.75, 3.05) is 0 Å². The molecule has 0 aliphatic rings. The van der Waals surface area contributed by atoms with Gasteiger partial charge >= 0.3 is 0 Å². The summed E-state index contributed by atoms with van der Waals surface area (Å²) >= 11 is 5.29. The Balaban J connectivity index is 1.67. The van der Waals surface area contributed by atoms with Gasteiger partial charge in [-0.2, -0.15) is 0 Å². The van der Waals surface area contributed by atoms with Crippen molar-refractivity contribution in [1.82, 2.24) is 0 Å². The van der Waals surface area contributed by atoms with Crippen LogP contribution in [0.5, 0.6) is 0 Å². The van der Waals surface area contributed by atoms with Crippen LogP contribution in [-0.2, 0) is 0 Å². The number of hydrogen-bond acceptors (Lipinski definition) is 4. The zero-order valence-electron chi connectivity index (χ0n) is 11.6. The molecule has 0 aromatic carbocycles. The van der Waals surface area contributed by atoms with Gasteiger partial charge < -0.3 is 0 Å². The molecule has 106 valence electrons. The lowest BCUT2D eigenvalue weighted by Gasteiger charge is -1.98. The highest BCUT2D eigenvalue weighted by molar-refractivity contribution is 7.43. The van der Waals surface area contributed by atoms with Gasteiger partial charge in [0, 0.05) is 16.5 Å². The largest absolute Gasteiger partial charge is 0.293 e. The minimum Gasteiger partial charge on any atom is -0.293 e. The summed E-state index contributed by atoms with van der Waals surface area (Å²) in [5.41, 5.74) is 0. The third kappa shape index (κ3) is 2.83. The molecule has 20 heavy (non-hydrogen) atoms. The summed E-state index contributed by atoms with van der Waals surface area (Å²) in [6.45, 7) is 2.22. The fourth-order valence-electron chi connectivity index (χ4n) is 2.43. The van der Waals surface area contributed by atoms with Crippen LogP contribution in [0.25, 0.3) is 18.8 Å². The molecule has 0 N–H and O–H groups in total. The van der Waals surface area contributed by atoms with Crippen LogP contribution < -0.4 is 0 Å². The van der Waals surface area contributed by atoms with E-state index in [2.05, 4.69) is 24.4 Å². The number of carbonyl (C=O) groups is 1. The number of unbranched alkanes of at least 4 members (excludes halogenated alkanes) is 4. The van der Waals surface area contributed by atoms with Gasteiger partial charge in [-0.15, -0.1) is 34.0 Å². The zero-order chi connectivity index (χ0) is 13.9. The Morgan fingerprint density at radius 3 is 2.85 bits per heavy atom. The summed E-state index contributed by atoms with van der Waals surface area (Å²) in [6.07, 6.45) is 6.75. The van der Waals surface area contributed by atoms with Crippen LogP contribution in [0.3, 0.4) is 0 Å². The molecule has 0 amide bonds. The molecular weight excluding hydrogens is 304 g/mol.